The number of hydrogen-bond acceptors (Lipinski definition) is 5. The minimum atomic E-state index is -2.69. The number of hydrogen-bond donors (Lipinski definition) is 0. The van der Waals surface area contributed by atoms with Gasteiger partial charge in [0.05, 0.1) is 12.7 Å². The SMILES string of the molecule is COc1nscc1C(=O)/C=C/c1cn(C)nc1C(F)F. The van der Waals surface area contributed by atoms with Gasteiger partial charge in [-0.15, -0.1) is 0 Å². The Morgan fingerprint density at radius 2 is 2.30 bits per heavy atom. The van der Waals surface area contributed by atoms with Crippen molar-refractivity contribution < 1.29 is 18.3 Å². The summed E-state index contributed by atoms with van der Waals surface area (Å²) in [5.74, 6) is -0.135. The van der Waals surface area contributed by atoms with Crippen molar-refractivity contribution in [1.82, 2.24) is 14.2 Å². The number of carbonyl (C=O) groups is 1. The summed E-state index contributed by atoms with van der Waals surface area (Å²) >= 11 is 1.09. The number of allylic oxidation sites excluding steroid dienone is 1. The molecule has 8 heteroatoms. The second-order valence-electron chi connectivity index (χ2n) is 3.88. The maximum Gasteiger partial charge on any atom is 0.282 e. The van der Waals surface area contributed by atoms with Gasteiger partial charge >= 0.3 is 0 Å². The number of ether oxygens (including phenoxy) is 1. The summed E-state index contributed by atoms with van der Waals surface area (Å²) in [4.78, 5) is 11.9. The van der Waals surface area contributed by atoms with Gasteiger partial charge in [0.25, 0.3) is 6.43 Å². The third kappa shape index (κ3) is 2.90. The van der Waals surface area contributed by atoms with Crippen LogP contribution in [0.3, 0.4) is 0 Å². The molecular weight excluding hydrogens is 288 g/mol. The Kier molecular flexibility index (Phi) is 4.23. The molecule has 20 heavy (non-hydrogen) atoms. The Hall–Kier alpha value is -2.09. The van der Waals surface area contributed by atoms with Crippen LogP contribution in [0.15, 0.2) is 17.7 Å². The van der Waals surface area contributed by atoms with Gasteiger partial charge in [0.15, 0.2) is 5.78 Å². The normalized spacial score (nSPS) is 11.4. The van der Waals surface area contributed by atoms with Crippen LogP contribution in [-0.2, 0) is 7.05 Å². The first kappa shape index (κ1) is 14.3. The van der Waals surface area contributed by atoms with Gasteiger partial charge < -0.3 is 4.74 Å². The summed E-state index contributed by atoms with van der Waals surface area (Å²) in [7, 11) is 2.95. The molecule has 5 nitrogen and oxygen atoms in total. The molecule has 0 saturated heterocycles. The maximum absolute atomic E-state index is 12.7. The second-order valence-corrected chi connectivity index (χ2v) is 4.51. The minimum Gasteiger partial charge on any atom is -0.480 e. The highest BCUT2D eigenvalue weighted by Crippen LogP contribution is 2.23. The molecule has 0 aliphatic heterocycles. The average molecular weight is 299 g/mol. The molecule has 0 atom stereocenters. The van der Waals surface area contributed by atoms with Crippen molar-refractivity contribution in [3.63, 3.8) is 0 Å². The molecule has 0 bridgehead atoms. The molecule has 0 radical (unpaired) electrons. The van der Waals surface area contributed by atoms with E-state index in [0.29, 0.717) is 5.56 Å². The van der Waals surface area contributed by atoms with Crippen molar-refractivity contribution in [2.75, 3.05) is 7.11 Å². The van der Waals surface area contributed by atoms with Crippen LogP contribution in [0.25, 0.3) is 6.08 Å². The largest absolute Gasteiger partial charge is 0.480 e. The van der Waals surface area contributed by atoms with E-state index in [1.54, 1.807) is 5.38 Å². The number of carbonyl (C=O) groups excluding carboxylic acids is 1. The number of ketones is 1. The van der Waals surface area contributed by atoms with Crippen LogP contribution in [0.4, 0.5) is 8.78 Å². The van der Waals surface area contributed by atoms with E-state index in [4.69, 9.17) is 4.74 Å². The lowest BCUT2D eigenvalue weighted by Crippen LogP contribution is -1.96. The number of methoxy groups -OCH3 is 1. The van der Waals surface area contributed by atoms with Gasteiger partial charge in [0.2, 0.25) is 5.88 Å². The Morgan fingerprint density at radius 3 is 2.95 bits per heavy atom. The van der Waals surface area contributed by atoms with E-state index in [1.807, 2.05) is 0 Å². The van der Waals surface area contributed by atoms with Crippen molar-refractivity contribution in [1.29, 1.82) is 0 Å². The zero-order valence-corrected chi connectivity index (χ0v) is 11.5. The first-order valence-electron chi connectivity index (χ1n) is 5.55. The van der Waals surface area contributed by atoms with Gasteiger partial charge in [-0.25, -0.2) is 8.78 Å². The van der Waals surface area contributed by atoms with E-state index in [1.165, 1.54) is 37.2 Å². The van der Waals surface area contributed by atoms with Gasteiger partial charge in [-0.2, -0.15) is 9.47 Å². The summed E-state index contributed by atoms with van der Waals surface area (Å²) < 4.78 is 35.6. The zero-order valence-electron chi connectivity index (χ0n) is 10.7. The maximum atomic E-state index is 12.7. The molecule has 0 spiro atoms. The lowest BCUT2D eigenvalue weighted by Gasteiger charge is -1.97. The summed E-state index contributed by atoms with van der Waals surface area (Å²) in [6.45, 7) is 0. The topological polar surface area (TPSA) is 57.0 Å². The van der Waals surface area contributed by atoms with Gasteiger partial charge in [-0.1, -0.05) is 0 Å². The van der Waals surface area contributed by atoms with Crippen molar-refractivity contribution in [3.8, 4) is 5.88 Å². The number of aryl methyl sites for hydroxylation is 1. The third-order valence-electron chi connectivity index (χ3n) is 2.50. The molecule has 0 N–H and O–H groups in total. The third-order valence-corrected chi connectivity index (χ3v) is 3.12. The zero-order chi connectivity index (χ0) is 14.7. The summed E-state index contributed by atoms with van der Waals surface area (Å²) in [5.41, 5.74) is 0.154. The fourth-order valence-corrected chi connectivity index (χ4v) is 2.26. The highest BCUT2D eigenvalue weighted by molar-refractivity contribution is 7.04. The fourth-order valence-electron chi connectivity index (χ4n) is 1.61. The summed E-state index contributed by atoms with van der Waals surface area (Å²) in [5, 5.41) is 5.20. The van der Waals surface area contributed by atoms with Crippen molar-refractivity contribution in [3.05, 3.63) is 34.5 Å². The molecule has 0 aromatic carbocycles. The predicted molar refractivity (Wildman–Crippen MR) is 70.2 cm³/mol. The van der Waals surface area contributed by atoms with E-state index in [9.17, 15) is 13.6 Å². The quantitative estimate of drug-likeness (QED) is 0.629. The van der Waals surface area contributed by atoms with E-state index in [2.05, 4.69) is 9.47 Å². The van der Waals surface area contributed by atoms with Crippen molar-refractivity contribution in [2.24, 2.45) is 7.05 Å². The van der Waals surface area contributed by atoms with Crippen LogP contribution in [0, 0.1) is 0 Å². The molecule has 0 saturated carbocycles. The number of alkyl halides is 2. The number of halogens is 2. The van der Waals surface area contributed by atoms with E-state index in [-0.39, 0.29) is 22.9 Å². The molecule has 0 fully saturated rings. The Morgan fingerprint density at radius 1 is 1.55 bits per heavy atom. The van der Waals surface area contributed by atoms with Crippen LogP contribution < -0.4 is 4.74 Å². The average Bonchev–Trinajstić information content (AvgIpc) is 3.01. The number of nitrogens with zero attached hydrogens (tertiary/aromatic N) is 3. The molecule has 2 heterocycles. The Labute approximate surface area is 117 Å². The molecule has 0 unspecified atom stereocenters. The summed E-state index contributed by atoms with van der Waals surface area (Å²) in [6.07, 6.45) is 1.25. The van der Waals surface area contributed by atoms with E-state index < -0.39 is 6.43 Å². The van der Waals surface area contributed by atoms with Gasteiger partial charge in [0, 0.05) is 24.2 Å². The highest BCUT2D eigenvalue weighted by Gasteiger charge is 2.17. The second kappa shape index (κ2) is 5.91. The monoisotopic (exact) mass is 299 g/mol. The smallest absolute Gasteiger partial charge is 0.282 e. The van der Waals surface area contributed by atoms with Crippen LogP contribution in [-0.4, -0.2) is 27.0 Å². The minimum absolute atomic E-state index is 0.206. The van der Waals surface area contributed by atoms with E-state index >= 15 is 0 Å². The molecule has 2 aromatic heterocycles. The van der Waals surface area contributed by atoms with Crippen LogP contribution in [0.1, 0.15) is 28.0 Å². The lowest BCUT2D eigenvalue weighted by atomic mass is 10.1. The van der Waals surface area contributed by atoms with E-state index in [0.717, 1.165) is 11.5 Å². The van der Waals surface area contributed by atoms with Crippen LogP contribution in [0.2, 0.25) is 0 Å². The standard InChI is InChI=1S/C12H11F2N3O2S/c1-17-5-7(10(15-17)11(13)14)3-4-9(18)8-6-20-16-12(8)19-2/h3-6,11H,1-2H3/b4-3+. The van der Waals surface area contributed by atoms with Crippen LogP contribution >= 0.6 is 11.5 Å². The Bertz CT molecular complexity index is 649. The first-order valence-corrected chi connectivity index (χ1v) is 6.39. The first-order chi connectivity index (χ1) is 9.52. The number of aromatic nitrogens is 3. The molecule has 0 aliphatic carbocycles. The highest BCUT2D eigenvalue weighted by atomic mass is 32.1. The molecule has 2 aromatic rings. The lowest BCUT2D eigenvalue weighted by molar-refractivity contribution is 0.104. The fraction of sp³-hybridized carbons (Fsp3) is 0.250. The van der Waals surface area contributed by atoms with Crippen molar-refractivity contribution in [2.45, 2.75) is 6.43 Å². The predicted octanol–water partition coefficient (Wildman–Crippen LogP) is 2.72. The molecule has 106 valence electrons. The Balaban J connectivity index is 2.23. The van der Waals surface area contributed by atoms with Gasteiger partial charge in [-0.3, -0.25) is 9.48 Å². The molecule has 0 amide bonds. The molecular formula is C12H11F2N3O2S. The van der Waals surface area contributed by atoms with Gasteiger partial charge in [0.1, 0.15) is 5.69 Å². The molecule has 2 rings (SSSR count). The van der Waals surface area contributed by atoms with Crippen LogP contribution in [0.5, 0.6) is 5.88 Å². The number of rotatable bonds is 5. The van der Waals surface area contributed by atoms with Crippen molar-refractivity contribution >= 4 is 23.4 Å². The van der Waals surface area contributed by atoms with Gasteiger partial charge in [-0.05, 0) is 23.7 Å². The molecule has 0 aliphatic rings. The summed E-state index contributed by atoms with van der Waals surface area (Å²) in [6, 6.07) is 0.